The summed E-state index contributed by atoms with van der Waals surface area (Å²) in [7, 11) is 1.58. The lowest BCUT2D eigenvalue weighted by atomic mass is 10.1. The second-order valence-corrected chi connectivity index (χ2v) is 10.3. The van der Waals surface area contributed by atoms with Gasteiger partial charge in [-0.1, -0.05) is 35.9 Å². The lowest BCUT2D eigenvalue weighted by Crippen LogP contribution is -2.28. The Labute approximate surface area is 231 Å². The number of carbonyl (C=O) groups excluding carboxylic acids is 1. The minimum Gasteiger partial charge on any atom is -0.493 e. The first-order valence-electron chi connectivity index (χ1n) is 10.3. The van der Waals surface area contributed by atoms with Crippen molar-refractivity contribution in [3.63, 3.8) is 0 Å². The quantitative estimate of drug-likeness (QED) is 0.150. The van der Waals surface area contributed by atoms with E-state index in [9.17, 15) is 4.79 Å². The fourth-order valence-electron chi connectivity index (χ4n) is 3.25. The first-order chi connectivity index (χ1) is 16.9. The summed E-state index contributed by atoms with van der Waals surface area (Å²) in [4.78, 5) is 20.3. The Hall–Kier alpha value is -2.46. The summed E-state index contributed by atoms with van der Waals surface area (Å²) in [5, 5.41) is 1.72. The fraction of sp³-hybridized carbons (Fsp3) is 0.0769. The van der Waals surface area contributed by atoms with Gasteiger partial charge in [0.25, 0.3) is 5.91 Å². The van der Waals surface area contributed by atoms with Gasteiger partial charge in [-0.3, -0.25) is 9.69 Å². The molecule has 0 spiro atoms. The minimum absolute atomic E-state index is 0.189. The van der Waals surface area contributed by atoms with Crippen molar-refractivity contribution in [2.24, 2.45) is 4.99 Å². The van der Waals surface area contributed by atoms with Gasteiger partial charge in [0, 0.05) is 10.0 Å². The molecule has 0 aliphatic carbocycles. The van der Waals surface area contributed by atoms with Crippen LogP contribution in [0.15, 0.2) is 83.2 Å². The molecule has 0 N–H and O–H groups in total. The maximum Gasteiger partial charge on any atom is 0.271 e. The van der Waals surface area contributed by atoms with Gasteiger partial charge in [0.1, 0.15) is 6.61 Å². The van der Waals surface area contributed by atoms with Gasteiger partial charge in [0.05, 0.1) is 27.0 Å². The highest BCUT2D eigenvalue weighted by molar-refractivity contribution is 14.1. The second kappa shape index (κ2) is 11.5. The van der Waals surface area contributed by atoms with E-state index in [1.165, 1.54) is 11.8 Å². The second-order valence-electron chi connectivity index (χ2n) is 7.23. The number of amides is 1. The van der Waals surface area contributed by atoms with Gasteiger partial charge in [-0.15, -0.1) is 0 Å². The summed E-state index contributed by atoms with van der Waals surface area (Å²) in [6, 6.07) is 18.0. The third-order valence-corrected chi connectivity index (χ3v) is 7.11. The SMILES string of the molecule is C=CCOc1c(I)cc(/C=C2\SC(=Nc3ccc(Cl)cc3)N(c3ccc(Cl)cc3)C2=O)cc1OC. The van der Waals surface area contributed by atoms with E-state index < -0.39 is 0 Å². The highest BCUT2D eigenvalue weighted by Crippen LogP contribution is 2.40. The molecule has 0 bridgehead atoms. The zero-order valence-electron chi connectivity index (χ0n) is 18.5. The van der Waals surface area contributed by atoms with Crippen LogP contribution in [0.5, 0.6) is 11.5 Å². The van der Waals surface area contributed by atoms with Crippen LogP contribution in [0.4, 0.5) is 11.4 Å². The van der Waals surface area contributed by atoms with Crippen LogP contribution in [0.25, 0.3) is 6.08 Å². The van der Waals surface area contributed by atoms with Crippen LogP contribution < -0.4 is 14.4 Å². The zero-order chi connectivity index (χ0) is 24.9. The molecule has 1 aliphatic rings. The molecule has 178 valence electrons. The fourth-order valence-corrected chi connectivity index (χ4v) is 5.28. The van der Waals surface area contributed by atoms with E-state index in [-0.39, 0.29) is 5.91 Å². The lowest BCUT2D eigenvalue weighted by Gasteiger charge is -2.15. The van der Waals surface area contributed by atoms with E-state index in [1.54, 1.807) is 66.6 Å². The predicted molar refractivity (Wildman–Crippen MR) is 154 cm³/mol. The monoisotopic (exact) mass is 636 g/mol. The van der Waals surface area contributed by atoms with E-state index in [0.29, 0.717) is 49.6 Å². The topological polar surface area (TPSA) is 51.1 Å². The molecular weight excluding hydrogens is 618 g/mol. The van der Waals surface area contributed by atoms with Crippen molar-refractivity contribution in [3.8, 4) is 11.5 Å². The van der Waals surface area contributed by atoms with Gasteiger partial charge in [-0.2, -0.15) is 0 Å². The third kappa shape index (κ3) is 6.03. The van der Waals surface area contributed by atoms with E-state index in [0.717, 1.165) is 9.13 Å². The maximum atomic E-state index is 13.5. The van der Waals surface area contributed by atoms with Gasteiger partial charge >= 0.3 is 0 Å². The van der Waals surface area contributed by atoms with Crippen molar-refractivity contribution in [2.75, 3.05) is 18.6 Å². The van der Waals surface area contributed by atoms with Gasteiger partial charge in [0.15, 0.2) is 16.7 Å². The van der Waals surface area contributed by atoms with E-state index in [1.807, 2.05) is 18.2 Å². The molecule has 1 aliphatic heterocycles. The molecule has 9 heteroatoms. The molecule has 0 aromatic heterocycles. The number of methoxy groups -OCH3 is 1. The van der Waals surface area contributed by atoms with E-state index in [4.69, 9.17) is 37.7 Å². The van der Waals surface area contributed by atoms with Crippen LogP contribution in [0.3, 0.4) is 0 Å². The molecule has 0 atom stereocenters. The molecule has 35 heavy (non-hydrogen) atoms. The number of aliphatic imine (C=N–C) groups is 1. The number of rotatable bonds is 7. The van der Waals surface area contributed by atoms with Crippen LogP contribution in [-0.2, 0) is 4.79 Å². The molecular formula is C26H19Cl2IN2O3S. The molecule has 3 aromatic rings. The smallest absolute Gasteiger partial charge is 0.271 e. The molecule has 0 saturated carbocycles. The normalized spacial score (nSPS) is 15.7. The van der Waals surface area contributed by atoms with Crippen molar-refractivity contribution in [2.45, 2.75) is 0 Å². The van der Waals surface area contributed by atoms with E-state index >= 15 is 0 Å². The Morgan fingerprint density at radius 3 is 2.37 bits per heavy atom. The Kier molecular flexibility index (Phi) is 8.43. The highest BCUT2D eigenvalue weighted by Gasteiger charge is 2.35. The number of nitrogens with zero attached hydrogens (tertiary/aromatic N) is 2. The number of hydrogen-bond acceptors (Lipinski definition) is 5. The van der Waals surface area contributed by atoms with Gasteiger partial charge in [-0.25, -0.2) is 4.99 Å². The molecule has 1 fully saturated rings. The van der Waals surface area contributed by atoms with Crippen molar-refractivity contribution >= 4 is 86.1 Å². The molecule has 0 unspecified atom stereocenters. The number of amidine groups is 1. The molecule has 1 saturated heterocycles. The largest absolute Gasteiger partial charge is 0.493 e. The van der Waals surface area contributed by atoms with Crippen LogP contribution in [0.1, 0.15) is 5.56 Å². The summed E-state index contributed by atoms with van der Waals surface area (Å²) in [6.07, 6.45) is 3.49. The Morgan fingerprint density at radius 1 is 1.09 bits per heavy atom. The average molecular weight is 637 g/mol. The van der Waals surface area contributed by atoms with Crippen LogP contribution in [0, 0.1) is 3.57 Å². The molecule has 3 aromatic carbocycles. The van der Waals surface area contributed by atoms with Gasteiger partial charge < -0.3 is 9.47 Å². The van der Waals surface area contributed by atoms with Crippen molar-refractivity contribution in [1.82, 2.24) is 0 Å². The number of halogens is 3. The van der Waals surface area contributed by atoms with Gasteiger partial charge in [-0.05, 0) is 107 Å². The summed E-state index contributed by atoms with van der Waals surface area (Å²) in [5.74, 6) is 1.02. The standard InChI is InChI=1S/C26H19Cl2IN2O3S/c1-3-12-34-24-21(29)13-16(14-22(24)33-2)15-23-25(32)31(20-10-6-18(28)7-11-20)26(35-23)30-19-8-4-17(27)5-9-19/h3-11,13-15H,1,12H2,2H3/b23-15-,30-26?. The van der Waals surface area contributed by atoms with Crippen molar-refractivity contribution < 1.29 is 14.3 Å². The van der Waals surface area contributed by atoms with Crippen LogP contribution >= 0.6 is 57.6 Å². The molecule has 0 radical (unpaired) electrons. The summed E-state index contributed by atoms with van der Waals surface area (Å²) in [5.41, 5.74) is 2.16. The number of carbonyl (C=O) groups is 1. The number of thioether (sulfide) groups is 1. The molecule has 1 heterocycles. The Balaban J connectivity index is 1.75. The zero-order valence-corrected chi connectivity index (χ0v) is 23.0. The number of hydrogen-bond donors (Lipinski definition) is 0. The Morgan fingerprint density at radius 2 is 1.74 bits per heavy atom. The minimum atomic E-state index is -0.189. The summed E-state index contributed by atoms with van der Waals surface area (Å²) >= 11 is 15.6. The average Bonchev–Trinajstić information content (AvgIpc) is 3.14. The predicted octanol–water partition coefficient (Wildman–Crippen LogP) is 7.98. The first kappa shape index (κ1) is 25.6. The van der Waals surface area contributed by atoms with Crippen LogP contribution in [-0.4, -0.2) is 24.8 Å². The third-order valence-electron chi connectivity index (χ3n) is 4.84. The Bertz CT molecular complexity index is 1330. The number of ether oxygens (including phenoxy) is 2. The maximum absolute atomic E-state index is 13.5. The molecule has 1 amide bonds. The summed E-state index contributed by atoms with van der Waals surface area (Å²) in [6.45, 7) is 4.05. The van der Waals surface area contributed by atoms with E-state index in [2.05, 4.69) is 29.2 Å². The number of anilines is 1. The highest BCUT2D eigenvalue weighted by atomic mass is 127. The van der Waals surface area contributed by atoms with Crippen molar-refractivity contribution in [3.05, 3.63) is 97.4 Å². The van der Waals surface area contributed by atoms with Crippen LogP contribution in [0.2, 0.25) is 10.0 Å². The first-order valence-corrected chi connectivity index (χ1v) is 13.0. The van der Waals surface area contributed by atoms with Gasteiger partial charge in [0.2, 0.25) is 0 Å². The molecule has 5 nitrogen and oxygen atoms in total. The molecule has 4 rings (SSSR count). The van der Waals surface area contributed by atoms with Crippen molar-refractivity contribution in [1.29, 1.82) is 0 Å². The number of benzene rings is 3. The summed E-state index contributed by atoms with van der Waals surface area (Å²) < 4.78 is 12.1. The lowest BCUT2D eigenvalue weighted by molar-refractivity contribution is -0.113.